The molecule has 0 aliphatic heterocycles. The van der Waals surface area contributed by atoms with Gasteiger partial charge in [0.1, 0.15) is 0 Å². The molecule has 0 fully saturated rings. The van der Waals surface area contributed by atoms with Crippen LogP contribution in [0.1, 0.15) is 30.1 Å². The van der Waals surface area contributed by atoms with Crippen LogP contribution in [0.3, 0.4) is 0 Å². The van der Waals surface area contributed by atoms with Gasteiger partial charge in [-0.2, -0.15) is 0 Å². The summed E-state index contributed by atoms with van der Waals surface area (Å²) in [7, 11) is 0. The second-order valence-electron chi connectivity index (χ2n) is 4.24. The monoisotopic (exact) mass is 253 g/mol. The normalized spacial score (nSPS) is 12.2. The SMILES string of the molecule is CC(CO)CCCNC(=O)c1cccc(S)c1. The number of benzene rings is 1. The van der Waals surface area contributed by atoms with Crippen LogP contribution in [0.25, 0.3) is 0 Å². The van der Waals surface area contributed by atoms with Crippen molar-refractivity contribution in [2.75, 3.05) is 13.2 Å². The Labute approximate surface area is 108 Å². The molecule has 0 radical (unpaired) electrons. The number of rotatable bonds is 6. The van der Waals surface area contributed by atoms with Gasteiger partial charge in [-0.05, 0) is 37.0 Å². The first-order valence-corrected chi connectivity index (χ1v) is 6.26. The number of thiol groups is 1. The molecule has 17 heavy (non-hydrogen) atoms. The number of hydrogen-bond acceptors (Lipinski definition) is 3. The Bertz CT molecular complexity index is 368. The molecule has 1 aromatic rings. The molecular weight excluding hydrogens is 234 g/mol. The predicted octanol–water partition coefficient (Wildman–Crippen LogP) is 2.11. The van der Waals surface area contributed by atoms with E-state index in [1.807, 2.05) is 19.1 Å². The van der Waals surface area contributed by atoms with E-state index in [1.54, 1.807) is 12.1 Å². The van der Waals surface area contributed by atoms with Gasteiger partial charge in [0.15, 0.2) is 0 Å². The number of nitrogens with one attached hydrogen (secondary N) is 1. The Hall–Kier alpha value is -1.00. The third kappa shape index (κ3) is 5.24. The average Bonchev–Trinajstić information content (AvgIpc) is 2.34. The molecule has 0 saturated heterocycles. The van der Waals surface area contributed by atoms with Gasteiger partial charge in [-0.3, -0.25) is 4.79 Å². The molecule has 0 aromatic heterocycles. The van der Waals surface area contributed by atoms with Gasteiger partial charge in [-0.15, -0.1) is 12.6 Å². The quantitative estimate of drug-likeness (QED) is 0.537. The number of hydrogen-bond donors (Lipinski definition) is 3. The molecule has 1 atom stereocenters. The summed E-state index contributed by atoms with van der Waals surface area (Å²) in [5.74, 6) is 0.227. The molecule has 4 heteroatoms. The highest BCUT2D eigenvalue weighted by Crippen LogP contribution is 2.09. The van der Waals surface area contributed by atoms with E-state index in [9.17, 15) is 4.79 Å². The zero-order chi connectivity index (χ0) is 12.7. The van der Waals surface area contributed by atoms with Crippen LogP contribution < -0.4 is 5.32 Å². The minimum absolute atomic E-state index is 0.0717. The number of aliphatic hydroxyl groups excluding tert-OH is 1. The van der Waals surface area contributed by atoms with Crippen LogP contribution in [0.2, 0.25) is 0 Å². The van der Waals surface area contributed by atoms with Crippen LogP contribution in [-0.4, -0.2) is 24.2 Å². The Balaban J connectivity index is 2.30. The molecule has 0 saturated carbocycles. The Morgan fingerprint density at radius 1 is 1.53 bits per heavy atom. The molecule has 94 valence electrons. The summed E-state index contributed by atoms with van der Waals surface area (Å²) in [5.41, 5.74) is 0.632. The molecule has 3 nitrogen and oxygen atoms in total. The lowest BCUT2D eigenvalue weighted by molar-refractivity contribution is 0.0952. The van der Waals surface area contributed by atoms with Crippen molar-refractivity contribution in [3.63, 3.8) is 0 Å². The van der Waals surface area contributed by atoms with Gasteiger partial charge >= 0.3 is 0 Å². The molecule has 0 heterocycles. The molecule has 0 spiro atoms. The lowest BCUT2D eigenvalue weighted by Gasteiger charge is -2.08. The Morgan fingerprint density at radius 3 is 2.94 bits per heavy atom. The van der Waals surface area contributed by atoms with Crippen LogP contribution in [0.15, 0.2) is 29.2 Å². The standard InChI is InChI=1S/C13H19NO2S/c1-10(9-15)4-3-7-14-13(16)11-5-2-6-12(17)8-11/h2,5-6,8,10,15,17H,3-4,7,9H2,1H3,(H,14,16). The fraction of sp³-hybridized carbons (Fsp3) is 0.462. The second-order valence-corrected chi connectivity index (χ2v) is 4.75. The maximum atomic E-state index is 11.7. The molecule has 1 unspecified atom stereocenters. The largest absolute Gasteiger partial charge is 0.396 e. The molecule has 0 bridgehead atoms. The van der Waals surface area contributed by atoms with Crippen LogP contribution in [-0.2, 0) is 0 Å². The van der Waals surface area contributed by atoms with Crippen LogP contribution in [0, 0.1) is 5.92 Å². The molecule has 1 aromatic carbocycles. The maximum Gasteiger partial charge on any atom is 0.251 e. The first kappa shape index (κ1) is 14.1. The van der Waals surface area contributed by atoms with E-state index < -0.39 is 0 Å². The summed E-state index contributed by atoms with van der Waals surface area (Å²) in [5, 5.41) is 11.7. The van der Waals surface area contributed by atoms with E-state index in [2.05, 4.69) is 17.9 Å². The summed E-state index contributed by atoms with van der Waals surface area (Å²) in [6.07, 6.45) is 1.80. The maximum absolute atomic E-state index is 11.7. The Morgan fingerprint density at radius 2 is 2.29 bits per heavy atom. The zero-order valence-corrected chi connectivity index (χ0v) is 10.9. The minimum atomic E-state index is -0.0717. The van der Waals surface area contributed by atoms with Crippen LogP contribution in [0.4, 0.5) is 0 Å². The zero-order valence-electron chi connectivity index (χ0n) is 10.0. The van der Waals surface area contributed by atoms with Gasteiger partial charge in [-0.25, -0.2) is 0 Å². The second kappa shape index (κ2) is 7.35. The fourth-order valence-corrected chi connectivity index (χ4v) is 1.72. The predicted molar refractivity (Wildman–Crippen MR) is 71.5 cm³/mol. The molecule has 2 N–H and O–H groups in total. The third-order valence-corrected chi connectivity index (χ3v) is 2.86. The third-order valence-electron chi connectivity index (χ3n) is 2.58. The number of carbonyl (C=O) groups is 1. The van der Waals surface area contributed by atoms with Crippen molar-refractivity contribution in [1.29, 1.82) is 0 Å². The van der Waals surface area contributed by atoms with Gasteiger partial charge < -0.3 is 10.4 Å². The lowest BCUT2D eigenvalue weighted by Crippen LogP contribution is -2.24. The molecule has 0 aliphatic rings. The van der Waals surface area contributed by atoms with Crippen molar-refractivity contribution in [2.24, 2.45) is 5.92 Å². The summed E-state index contributed by atoms with van der Waals surface area (Å²) in [4.78, 5) is 12.5. The molecule has 1 rings (SSSR count). The van der Waals surface area contributed by atoms with Gasteiger partial charge in [-0.1, -0.05) is 13.0 Å². The number of amides is 1. The highest BCUT2D eigenvalue weighted by Gasteiger charge is 2.05. The van der Waals surface area contributed by atoms with Crippen molar-refractivity contribution in [3.8, 4) is 0 Å². The van der Waals surface area contributed by atoms with Crippen molar-refractivity contribution in [1.82, 2.24) is 5.32 Å². The van der Waals surface area contributed by atoms with Gasteiger partial charge in [0.2, 0.25) is 0 Å². The molecular formula is C13H19NO2S. The highest BCUT2D eigenvalue weighted by molar-refractivity contribution is 7.80. The van der Waals surface area contributed by atoms with Gasteiger partial charge in [0.05, 0.1) is 0 Å². The first-order valence-electron chi connectivity index (χ1n) is 5.81. The topological polar surface area (TPSA) is 49.3 Å². The van der Waals surface area contributed by atoms with Crippen LogP contribution in [0.5, 0.6) is 0 Å². The first-order chi connectivity index (χ1) is 8.13. The summed E-state index contributed by atoms with van der Waals surface area (Å²) < 4.78 is 0. The van der Waals surface area contributed by atoms with Crippen LogP contribution >= 0.6 is 12.6 Å². The average molecular weight is 253 g/mol. The fourth-order valence-electron chi connectivity index (χ4n) is 1.49. The summed E-state index contributed by atoms with van der Waals surface area (Å²) in [6.45, 7) is 2.84. The molecule has 1 amide bonds. The minimum Gasteiger partial charge on any atom is -0.396 e. The summed E-state index contributed by atoms with van der Waals surface area (Å²) >= 11 is 4.19. The van der Waals surface area contributed by atoms with E-state index in [1.165, 1.54) is 0 Å². The van der Waals surface area contributed by atoms with Gasteiger partial charge in [0, 0.05) is 23.6 Å². The lowest BCUT2D eigenvalue weighted by atomic mass is 10.1. The number of aliphatic hydroxyl groups is 1. The van der Waals surface area contributed by atoms with Crippen molar-refractivity contribution in [3.05, 3.63) is 29.8 Å². The van der Waals surface area contributed by atoms with Gasteiger partial charge in [0.25, 0.3) is 5.91 Å². The summed E-state index contributed by atoms with van der Waals surface area (Å²) in [6, 6.07) is 7.16. The van der Waals surface area contributed by atoms with Crippen molar-refractivity contribution < 1.29 is 9.90 Å². The van der Waals surface area contributed by atoms with E-state index >= 15 is 0 Å². The Kier molecular flexibility index (Phi) is 6.08. The molecule has 0 aliphatic carbocycles. The highest BCUT2D eigenvalue weighted by atomic mass is 32.1. The van der Waals surface area contributed by atoms with E-state index in [0.717, 1.165) is 17.7 Å². The van der Waals surface area contributed by atoms with E-state index in [0.29, 0.717) is 18.0 Å². The van der Waals surface area contributed by atoms with Crippen molar-refractivity contribution in [2.45, 2.75) is 24.7 Å². The smallest absolute Gasteiger partial charge is 0.251 e. The van der Waals surface area contributed by atoms with E-state index in [-0.39, 0.29) is 12.5 Å². The van der Waals surface area contributed by atoms with E-state index in [4.69, 9.17) is 5.11 Å². The number of carbonyl (C=O) groups excluding carboxylic acids is 1. The van der Waals surface area contributed by atoms with Crippen molar-refractivity contribution >= 4 is 18.5 Å².